The number of rotatable bonds is 7. The Hall–Kier alpha value is -0.0800. The SMILES string of the molecule is CCCN1CC(CC(C)(C)C)CC(NCCC(C)C)C1. The summed E-state index contributed by atoms with van der Waals surface area (Å²) in [4.78, 5) is 2.69. The first-order valence-electron chi connectivity index (χ1n) is 8.76. The zero-order valence-electron chi connectivity index (χ0n) is 14.8. The van der Waals surface area contributed by atoms with Gasteiger partial charge in [0.15, 0.2) is 0 Å². The fraction of sp³-hybridized carbons (Fsp3) is 1.00. The lowest BCUT2D eigenvalue weighted by Crippen LogP contribution is -2.50. The first-order valence-corrected chi connectivity index (χ1v) is 8.76. The second-order valence-electron chi connectivity index (χ2n) is 8.46. The van der Waals surface area contributed by atoms with Crippen LogP contribution in [0.3, 0.4) is 0 Å². The highest BCUT2D eigenvalue weighted by atomic mass is 15.2. The van der Waals surface area contributed by atoms with E-state index < -0.39 is 0 Å². The number of nitrogens with one attached hydrogen (secondary N) is 1. The van der Waals surface area contributed by atoms with Crippen molar-refractivity contribution in [1.29, 1.82) is 0 Å². The van der Waals surface area contributed by atoms with Crippen LogP contribution in [0, 0.1) is 17.3 Å². The molecule has 2 atom stereocenters. The van der Waals surface area contributed by atoms with Gasteiger partial charge >= 0.3 is 0 Å². The number of piperidine rings is 1. The zero-order valence-corrected chi connectivity index (χ0v) is 14.8. The molecule has 0 saturated carbocycles. The summed E-state index contributed by atoms with van der Waals surface area (Å²) < 4.78 is 0. The standard InChI is InChI=1S/C18H38N2/c1-7-10-20-13-16(12-18(4,5)6)11-17(14-20)19-9-8-15(2)3/h15-17,19H,7-14H2,1-6H3. The Morgan fingerprint density at radius 1 is 1.20 bits per heavy atom. The van der Waals surface area contributed by atoms with E-state index in [1.807, 2.05) is 0 Å². The van der Waals surface area contributed by atoms with Crippen molar-refractivity contribution in [2.45, 2.75) is 73.3 Å². The summed E-state index contributed by atoms with van der Waals surface area (Å²) in [6.45, 7) is 19.1. The Morgan fingerprint density at radius 3 is 2.45 bits per heavy atom. The first-order chi connectivity index (χ1) is 9.30. The molecule has 0 amide bonds. The summed E-state index contributed by atoms with van der Waals surface area (Å²) in [6, 6.07) is 0.710. The van der Waals surface area contributed by atoms with Crippen molar-refractivity contribution in [3.05, 3.63) is 0 Å². The van der Waals surface area contributed by atoms with E-state index in [1.54, 1.807) is 0 Å². The number of nitrogens with zero attached hydrogens (tertiary/aromatic N) is 1. The maximum absolute atomic E-state index is 3.82. The van der Waals surface area contributed by atoms with Gasteiger partial charge in [-0.15, -0.1) is 0 Å². The summed E-state index contributed by atoms with van der Waals surface area (Å²) in [6.07, 6.45) is 5.31. The summed E-state index contributed by atoms with van der Waals surface area (Å²) in [5, 5.41) is 3.82. The maximum Gasteiger partial charge on any atom is 0.0198 e. The first kappa shape index (κ1) is 18.0. The molecule has 0 aliphatic carbocycles. The van der Waals surface area contributed by atoms with Gasteiger partial charge in [0.1, 0.15) is 0 Å². The lowest BCUT2D eigenvalue weighted by atomic mass is 9.80. The van der Waals surface area contributed by atoms with E-state index in [9.17, 15) is 0 Å². The average Bonchev–Trinajstić information content (AvgIpc) is 2.26. The third kappa shape index (κ3) is 7.64. The average molecular weight is 283 g/mol. The van der Waals surface area contributed by atoms with Gasteiger partial charge in [-0.25, -0.2) is 0 Å². The normalized spacial score (nSPS) is 25.4. The lowest BCUT2D eigenvalue weighted by molar-refractivity contribution is 0.113. The second-order valence-corrected chi connectivity index (χ2v) is 8.46. The van der Waals surface area contributed by atoms with Crippen molar-refractivity contribution in [2.75, 3.05) is 26.2 Å². The number of likely N-dealkylation sites (tertiary alicyclic amines) is 1. The smallest absolute Gasteiger partial charge is 0.0198 e. The molecule has 1 aliphatic heterocycles. The van der Waals surface area contributed by atoms with Crippen LogP contribution in [-0.4, -0.2) is 37.1 Å². The molecule has 2 unspecified atom stereocenters. The van der Waals surface area contributed by atoms with Crippen molar-refractivity contribution in [3.63, 3.8) is 0 Å². The Bertz CT molecular complexity index is 255. The van der Waals surface area contributed by atoms with Crippen LogP contribution < -0.4 is 5.32 Å². The molecular weight excluding hydrogens is 244 g/mol. The fourth-order valence-electron chi connectivity index (χ4n) is 3.54. The summed E-state index contributed by atoms with van der Waals surface area (Å²) >= 11 is 0. The van der Waals surface area contributed by atoms with E-state index in [-0.39, 0.29) is 0 Å². The third-order valence-electron chi connectivity index (χ3n) is 4.21. The van der Waals surface area contributed by atoms with E-state index in [2.05, 4.69) is 51.8 Å². The molecule has 2 heteroatoms. The molecule has 0 spiro atoms. The molecule has 0 bridgehead atoms. The van der Waals surface area contributed by atoms with Crippen LogP contribution in [0.1, 0.15) is 67.2 Å². The topological polar surface area (TPSA) is 15.3 Å². The Balaban J connectivity index is 2.47. The van der Waals surface area contributed by atoms with Crippen molar-refractivity contribution in [3.8, 4) is 0 Å². The van der Waals surface area contributed by atoms with Crippen LogP contribution in [-0.2, 0) is 0 Å². The van der Waals surface area contributed by atoms with Gasteiger partial charge in [0.25, 0.3) is 0 Å². The van der Waals surface area contributed by atoms with Crippen molar-refractivity contribution >= 4 is 0 Å². The van der Waals surface area contributed by atoms with Crippen molar-refractivity contribution in [2.24, 2.45) is 17.3 Å². The molecular formula is C18H38N2. The van der Waals surface area contributed by atoms with Crippen LogP contribution in [0.15, 0.2) is 0 Å². The molecule has 1 fully saturated rings. The van der Waals surface area contributed by atoms with Gasteiger partial charge in [-0.2, -0.15) is 0 Å². The largest absolute Gasteiger partial charge is 0.313 e. The highest BCUT2D eigenvalue weighted by Crippen LogP contribution is 2.30. The quantitative estimate of drug-likeness (QED) is 0.754. The molecule has 0 aromatic heterocycles. The van der Waals surface area contributed by atoms with Crippen LogP contribution >= 0.6 is 0 Å². The van der Waals surface area contributed by atoms with E-state index in [1.165, 1.54) is 51.9 Å². The molecule has 1 heterocycles. The van der Waals surface area contributed by atoms with Gasteiger partial charge in [-0.1, -0.05) is 41.5 Å². The minimum Gasteiger partial charge on any atom is -0.313 e. The van der Waals surface area contributed by atoms with Gasteiger partial charge in [0.05, 0.1) is 0 Å². The van der Waals surface area contributed by atoms with Crippen molar-refractivity contribution < 1.29 is 0 Å². The maximum atomic E-state index is 3.82. The minimum atomic E-state index is 0.461. The molecule has 0 radical (unpaired) electrons. The molecule has 2 nitrogen and oxygen atoms in total. The van der Waals surface area contributed by atoms with Gasteiger partial charge < -0.3 is 10.2 Å². The number of hydrogen-bond donors (Lipinski definition) is 1. The van der Waals surface area contributed by atoms with Gasteiger partial charge in [0, 0.05) is 19.1 Å². The molecule has 0 aromatic carbocycles. The van der Waals surface area contributed by atoms with Crippen LogP contribution in [0.2, 0.25) is 0 Å². The monoisotopic (exact) mass is 282 g/mol. The lowest BCUT2D eigenvalue weighted by Gasteiger charge is -2.40. The molecule has 20 heavy (non-hydrogen) atoms. The predicted octanol–water partition coefficient (Wildman–Crippen LogP) is 4.16. The van der Waals surface area contributed by atoms with Crippen LogP contribution in [0.4, 0.5) is 0 Å². The van der Waals surface area contributed by atoms with Crippen LogP contribution in [0.5, 0.6) is 0 Å². The summed E-state index contributed by atoms with van der Waals surface area (Å²) in [7, 11) is 0. The predicted molar refractivity (Wildman–Crippen MR) is 90.2 cm³/mol. The van der Waals surface area contributed by atoms with Gasteiger partial charge in [-0.3, -0.25) is 0 Å². The Labute approximate surface area is 127 Å². The van der Waals surface area contributed by atoms with E-state index in [0.29, 0.717) is 11.5 Å². The Morgan fingerprint density at radius 2 is 1.90 bits per heavy atom. The highest BCUT2D eigenvalue weighted by Gasteiger charge is 2.29. The Kier molecular flexibility index (Phi) is 7.53. The van der Waals surface area contributed by atoms with Gasteiger partial charge in [0.2, 0.25) is 0 Å². The van der Waals surface area contributed by atoms with E-state index in [4.69, 9.17) is 0 Å². The molecule has 1 N–H and O–H groups in total. The minimum absolute atomic E-state index is 0.461. The highest BCUT2D eigenvalue weighted by molar-refractivity contribution is 4.85. The number of hydrogen-bond acceptors (Lipinski definition) is 2. The molecule has 120 valence electrons. The molecule has 1 aliphatic rings. The van der Waals surface area contributed by atoms with Gasteiger partial charge in [-0.05, 0) is 56.0 Å². The fourth-order valence-corrected chi connectivity index (χ4v) is 3.54. The summed E-state index contributed by atoms with van der Waals surface area (Å²) in [5.41, 5.74) is 0.461. The molecule has 1 rings (SSSR count). The van der Waals surface area contributed by atoms with Crippen molar-refractivity contribution in [1.82, 2.24) is 10.2 Å². The van der Waals surface area contributed by atoms with Crippen LogP contribution in [0.25, 0.3) is 0 Å². The molecule has 1 saturated heterocycles. The van der Waals surface area contributed by atoms with E-state index in [0.717, 1.165) is 11.8 Å². The van der Waals surface area contributed by atoms with E-state index >= 15 is 0 Å². The molecule has 0 aromatic rings. The summed E-state index contributed by atoms with van der Waals surface area (Å²) in [5.74, 6) is 1.68. The second kappa shape index (κ2) is 8.38. The zero-order chi connectivity index (χ0) is 15.2. The third-order valence-corrected chi connectivity index (χ3v) is 4.21.